The monoisotopic (exact) mass is 173 g/mol. The molecule has 0 saturated heterocycles. The summed E-state index contributed by atoms with van der Waals surface area (Å²) in [5, 5.41) is 4.15. The van der Waals surface area contributed by atoms with Gasteiger partial charge in [-0.2, -0.15) is 8.42 Å². The average molecular weight is 174 g/mol. The maximum absolute atomic E-state index is 9.42. The van der Waals surface area contributed by atoms with Crippen molar-refractivity contribution in [1.29, 1.82) is 0 Å². The van der Waals surface area contributed by atoms with E-state index in [-0.39, 0.29) is 40.6 Å². The second-order valence-electron chi connectivity index (χ2n) is 0.556. The van der Waals surface area contributed by atoms with E-state index in [1.807, 2.05) is 0 Å². The Morgan fingerprint density at radius 1 is 1.71 bits per heavy atom. The third-order valence-corrected chi connectivity index (χ3v) is 0.790. The van der Waals surface area contributed by atoms with Gasteiger partial charge in [-0.1, -0.05) is 0 Å². The Bertz CT molecular complexity index is 124. The fourth-order valence-electron chi connectivity index (χ4n) is 0. The van der Waals surface area contributed by atoms with Crippen molar-refractivity contribution in [2.45, 2.75) is 0 Å². The van der Waals surface area contributed by atoms with E-state index in [9.17, 15) is 8.42 Å². The van der Waals surface area contributed by atoms with Gasteiger partial charge in [0.15, 0.2) is 0 Å². The van der Waals surface area contributed by atoms with Gasteiger partial charge in [-0.3, -0.25) is 0 Å². The first kappa shape index (κ1) is 11.2. The molecule has 0 fully saturated rings. The summed E-state index contributed by atoms with van der Waals surface area (Å²) in [7, 11) is -3.90. The summed E-state index contributed by atoms with van der Waals surface area (Å²) < 4.78 is 22.0. The predicted molar refractivity (Wildman–Crippen MR) is 28.0 cm³/mol. The summed E-state index contributed by atoms with van der Waals surface area (Å²) in [6.07, 6.45) is 0. The van der Waals surface area contributed by atoms with Gasteiger partial charge >= 0.3 is 48.0 Å². The van der Waals surface area contributed by atoms with Crippen LogP contribution in [0.4, 0.5) is 0 Å². The molecule has 0 unspecified atom stereocenters. The van der Waals surface area contributed by atoms with Crippen LogP contribution in [0, 0.1) is 0 Å². The minimum atomic E-state index is -3.90. The van der Waals surface area contributed by atoms with Crippen molar-refractivity contribution in [3.63, 3.8) is 0 Å². The molecule has 0 aromatic rings. The molecule has 2 N–H and O–H groups in total. The van der Waals surface area contributed by atoms with Crippen LogP contribution in [0.2, 0.25) is 0 Å². The number of nitrogens with two attached hydrogens (primary N) is 1. The molecule has 0 heterocycles. The molecule has 0 spiro atoms. The van der Waals surface area contributed by atoms with Gasteiger partial charge in [0.05, 0.1) is 11.9 Å². The molecule has 0 rings (SSSR count). The van der Waals surface area contributed by atoms with E-state index in [1.54, 1.807) is 0 Å². The van der Waals surface area contributed by atoms with Crippen molar-refractivity contribution < 1.29 is 15.0 Å². The largest absolute Gasteiger partial charge is 2.00 e. The maximum Gasteiger partial charge on any atom is 2.00 e. The van der Waals surface area contributed by atoms with Crippen LogP contribution < -0.4 is 5.14 Å². The molecule has 0 radical (unpaired) electrons. The van der Waals surface area contributed by atoms with Crippen molar-refractivity contribution in [3.05, 3.63) is 0 Å². The first-order valence-corrected chi connectivity index (χ1v) is 2.67. The summed E-state index contributed by atoms with van der Waals surface area (Å²) in [6, 6.07) is 0. The molecule has 0 aliphatic heterocycles. The van der Waals surface area contributed by atoms with Crippen molar-refractivity contribution in [2.24, 2.45) is 5.14 Å². The van der Waals surface area contributed by atoms with Gasteiger partial charge in [0.2, 0.25) is 0 Å². The molecule has 0 atom stereocenters. The minimum Gasteiger partial charge on any atom is -1.00 e. The molecule has 0 aliphatic rings. The van der Waals surface area contributed by atoms with Gasteiger partial charge in [-0.05, 0) is 0 Å². The Labute approximate surface area is 79.4 Å². The van der Waals surface area contributed by atoms with E-state index in [0.29, 0.717) is 0 Å². The Morgan fingerprint density at radius 3 is 1.86 bits per heavy atom. The number of hydrogen-bond acceptors (Lipinski definition) is 3. The van der Waals surface area contributed by atoms with Gasteiger partial charge in [0.1, 0.15) is 0 Å². The normalized spacial score (nSPS) is 10.0. The van der Waals surface area contributed by atoms with E-state index in [0.717, 1.165) is 0 Å². The molecule has 0 aromatic carbocycles. The predicted octanol–water partition coefficient (Wildman–Crippen LogP) is -0.795. The number of rotatable bonds is 1. The van der Waals surface area contributed by atoms with E-state index >= 15 is 0 Å². The topological polar surface area (TPSA) is 69.4 Å². The molecule has 0 saturated carbocycles. The fraction of sp³-hybridized carbons (Fsp3) is 0. The first-order chi connectivity index (χ1) is 2.56. The van der Waals surface area contributed by atoms with Gasteiger partial charge in [-0.25, -0.2) is 5.14 Å². The molecular formula is H4CaClNO3S. The van der Waals surface area contributed by atoms with Gasteiger partial charge in [0, 0.05) is 0 Å². The average Bonchev–Trinajstić information content (AvgIpc) is 1.35. The van der Waals surface area contributed by atoms with Gasteiger partial charge in [-0.15, -0.1) is 3.74 Å². The van der Waals surface area contributed by atoms with Crippen LogP contribution in [-0.4, -0.2) is 46.2 Å². The molecule has 0 amide bonds. The van der Waals surface area contributed by atoms with Crippen LogP contribution in [0.5, 0.6) is 0 Å². The molecular weight excluding hydrogens is 170 g/mol. The fourth-order valence-corrected chi connectivity index (χ4v) is 0. The zero-order valence-electron chi connectivity index (χ0n) is 5.30. The second kappa shape index (κ2) is 4.31. The summed E-state index contributed by atoms with van der Waals surface area (Å²) in [5.74, 6) is 0. The van der Waals surface area contributed by atoms with Crippen molar-refractivity contribution in [2.75, 3.05) is 0 Å². The van der Waals surface area contributed by atoms with Crippen LogP contribution >= 0.6 is 11.9 Å². The van der Waals surface area contributed by atoms with Crippen LogP contribution in [0.1, 0.15) is 2.85 Å². The molecule has 0 aromatic heterocycles. The molecule has 7 heavy (non-hydrogen) atoms. The molecule has 0 aliphatic carbocycles. The Morgan fingerprint density at radius 2 is 1.86 bits per heavy atom. The Hall–Kier alpha value is 1.42. The molecule has 7 heteroatoms. The van der Waals surface area contributed by atoms with Crippen molar-refractivity contribution in [1.82, 2.24) is 0 Å². The summed E-state index contributed by atoms with van der Waals surface area (Å²) in [5.41, 5.74) is 0. The SMILES string of the molecule is NS(=O)(=O)OCl.[Ca+2].[H-].[H-]. The van der Waals surface area contributed by atoms with Crippen LogP contribution in [0.25, 0.3) is 0 Å². The first-order valence-electron chi connectivity index (χ1n) is 0.890. The van der Waals surface area contributed by atoms with Crippen LogP contribution in [0.3, 0.4) is 0 Å². The Kier molecular flexibility index (Phi) is 6.93. The van der Waals surface area contributed by atoms with Gasteiger partial charge in [0.25, 0.3) is 0 Å². The Balaban J connectivity index is -0.0000000417. The zero-order chi connectivity index (χ0) is 5.21. The van der Waals surface area contributed by atoms with E-state index in [4.69, 9.17) is 0 Å². The smallest absolute Gasteiger partial charge is 1.00 e. The van der Waals surface area contributed by atoms with Crippen LogP contribution in [0.15, 0.2) is 0 Å². The molecule has 4 nitrogen and oxygen atoms in total. The summed E-state index contributed by atoms with van der Waals surface area (Å²) in [6.45, 7) is 0. The third-order valence-electron chi connectivity index (χ3n) is 0.0878. The third kappa shape index (κ3) is 11.2. The minimum absolute atomic E-state index is 0. The maximum atomic E-state index is 9.42. The second-order valence-corrected chi connectivity index (χ2v) is 2.05. The number of halogens is 1. The molecule has 42 valence electrons. The van der Waals surface area contributed by atoms with Crippen molar-refractivity contribution >= 4 is 59.9 Å². The zero-order valence-corrected chi connectivity index (χ0v) is 7.08. The van der Waals surface area contributed by atoms with Crippen LogP contribution in [-0.2, 0) is 14.0 Å². The molecule has 0 bridgehead atoms. The van der Waals surface area contributed by atoms with E-state index in [1.165, 1.54) is 0 Å². The van der Waals surface area contributed by atoms with E-state index in [2.05, 4.69) is 20.7 Å². The quantitative estimate of drug-likeness (QED) is 0.528. The summed E-state index contributed by atoms with van der Waals surface area (Å²) in [4.78, 5) is 0. The van der Waals surface area contributed by atoms with E-state index < -0.39 is 10.3 Å². The summed E-state index contributed by atoms with van der Waals surface area (Å²) >= 11 is 4.26. The van der Waals surface area contributed by atoms with Crippen molar-refractivity contribution in [3.8, 4) is 0 Å². The number of hydrogen-bond donors (Lipinski definition) is 1. The standard InChI is InChI=1S/Ca.ClH2NO3S.2H/c;1-5-6(2,3)4;;/h;(H2,2,3,4);;/q+2;;2*-1. The van der Waals surface area contributed by atoms with Gasteiger partial charge < -0.3 is 2.85 Å².